The summed E-state index contributed by atoms with van der Waals surface area (Å²) in [4.78, 5) is 16.7. The maximum Gasteiger partial charge on any atom is 0.339 e. The fraction of sp³-hybridized carbons (Fsp3) is 0.333. The SMILES string of the molecule is CCOC(=O)c1cc(C)c(-c2ccc(C)cc2)nc1CC. The summed E-state index contributed by atoms with van der Waals surface area (Å²) in [6.45, 7) is 8.22. The number of esters is 1. The van der Waals surface area contributed by atoms with Gasteiger partial charge in [0.1, 0.15) is 0 Å². The summed E-state index contributed by atoms with van der Waals surface area (Å²) in [7, 11) is 0. The van der Waals surface area contributed by atoms with Gasteiger partial charge in [0.2, 0.25) is 0 Å². The number of hydrogen-bond donors (Lipinski definition) is 0. The monoisotopic (exact) mass is 283 g/mol. The number of pyridine rings is 1. The molecule has 3 nitrogen and oxygen atoms in total. The van der Waals surface area contributed by atoms with Crippen LogP contribution in [0.15, 0.2) is 30.3 Å². The predicted octanol–water partition coefficient (Wildman–Crippen LogP) is 4.10. The van der Waals surface area contributed by atoms with E-state index in [0.29, 0.717) is 18.6 Å². The van der Waals surface area contributed by atoms with Crippen molar-refractivity contribution in [2.45, 2.75) is 34.1 Å². The second kappa shape index (κ2) is 6.53. The molecule has 21 heavy (non-hydrogen) atoms. The molecule has 1 aromatic carbocycles. The second-order valence-corrected chi connectivity index (χ2v) is 5.09. The Morgan fingerprint density at radius 2 is 1.81 bits per heavy atom. The van der Waals surface area contributed by atoms with Gasteiger partial charge in [-0.25, -0.2) is 4.79 Å². The number of nitrogens with zero attached hydrogens (tertiary/aromatic N) is 1. The summed E-state index contributed by atoms with van der Waals surface area (Å²) in [5.74, 6) is -0.291. The highest BCUT2D eigenvalue weighted by Crippen LogP contribution is 2.24. The third-order valence-corrected chi connectivity index (χ3v) is 3.45. The van der Waals surface area contributed by atoms with Crippen molar-refractivity contribution in [3.63, 3.8) is 0 Å². The van der Waals surface area contributed by atoms with Crippen LogP contribution in [0.4, 0.5) is 0 Å². The summed E-state index contributed by atoms with van der Waals surface area (Å²) in [6.07, 6.45) is 0.702. The molecular formula is C18H21NO2. The number of hydrogen-bond acceptors (Lipinski definition) is 3. The van der Waals surface area contributed by atoms with Crippen molar-refractivity contribution in [1.29, 1.82) is 0 Å². The van der Waals surface area contributed by atoms with E-state index in [4.69, 9.17) is 9.72 Å². The highest BCUT2D eigenvalue weighted by atomic mass is 16.5. The lowest BCUT2D eigenvalue weighted by Crippen LogP contribution is -2.11. The molecule has 2 rings (SSSR count). The Labute approximate surface area is 126 Å². The predicted molar refractivity (Wildman–Crippen MR) is 84.5 cm³/mol. The quantitative estimate of drug-likeness (QED) is 0.793. The van der Waals surface area contributed by atoms with Gasteiger partial charge in [-0.15, -0.1) is 0 Å². The van der Waals surface area contributed by atoms with Crippen molar-refractivity contribution >= 4 is 5.97 Å². The molecule has 0 fully saturated rings. The zero-order valence-corrected chi connectivity index (χ0v) is 13.1. The van der Waals surface area contributed by atoms with Crippen LogP contribution in [0.1, 0.15) is 41.0 Å². The van der Waals surface area contributed by atoms with Crippen LogP contribution >= 0.6 is 0 Å². The van der Waals surface area contributed by atoms with Gasteiger partial charge in [-0.1, -0.05) is 36.8 Å². The minimum absolute atomic E-state index is 0.291. The van der Waals surface area contributed by atoms with E-state index in [2.05, 4.69) is 31.2 Å². The molecule has 0 radical (unpaired) electrons. The van der Waals surface area contributed by atoms with Crippen molar-refractivity contribution in [2.24, 2.45) is 0 Å². The van der Waals surface area contributed by atoms with E-state index in [-0.39, 0.29) is 5.97 Å². The molecule has 0 bridgehead atoms. The lowest BCUT2D eigenvalue weighted by molar-refractivity contribution is 0.0524. The Balaban J connectivity index is 2.50. The minimum atomic E-state index is -0.291. The third kappa shape index (κ3) is 3.30. The van der Waals surface area contributed by atoms with Crippen LogP contribution in [0.2, 0.25) is 0 Å². The van der Waals surface area contributed by atoms with E-state index in [9.17, 15) is 4.79 Å². The zero-order chi connectivity index (χ0) is 15.4. The summed E-state index contributed by atoms with van der Waals surface area (Å²) in [5, 5.41) is 0. The lowest BCUT2D eigenvalue weighted by atomic mass is 10.0. The maximum atomic E-state index is 12.0. The van der Waals surface area contributed by atoms with Gasteiger partial charge in [0.25, 0.3) is 0 Å². The normalized spacial score (nSPS) is 10.5. The average molecular weight is 283 g/mol. The number of benzene rings is 1. The van der Waals surface area contributed by atoms with Crippen LogP contribution in [-0.4, -0.2) is 17.6 Å². The van der Waals surface area contributed by atoms with Gasteiger partial charge < -0.3 is 4.74 Å². The van der Waals surface area contributed by atoms with E-state index in [0.717, 1.165) is 22.5 Å². The molecule has 0 saturated heterocycles. The molecule has 0 saturated carbocycles. The summed E-state index contributed by atoms with van der Waals surface area (Å²) in [5.41, 5.74) is 5.57. The fourth-order valence-corrected chi connectivity index (χ4v) is 2.31. The van der Waals surface area contributed by atoms with Gasteiger partial charge in [-0.3, -0.25) is 4.98 Å². The van der Waals surface area contributed by atoms with Crippen LogP contribution in [0.3, 0.4) is 0 Å². The Morgan fingerprint density at radius 1 is 1.14 bits per heavy atom. The van der Waals surface area contributed by atoms with E-state index in [1.165, 1.54) is 5.56 Å². The van der Waals surface area contributed by atoms with E-state index < -0.39 is 0 Å². The summed E-state index contributed by atoms with van der Waals surface area (Å²) < 4.78 is 5.11. The van der Waals surface area contributed by atoms with Gasteiger partial charge in [0, 0.05) is 5.56 Å². The second-order valence-electron chi connectivity index (χ2n) is 5.09. The molecule has 0 unspecified atom stereocenters. The molecule has 1 heterocycles. The van der Waals surface area contributed by atoms with Crippen molar-refractivity contribution in [1.82, 2.24) is 4.98 Å². The van der Waals surface area contributed by atoms with Crippen LogP contribution < -0.4 is 0 Å². The number of aryl methyl sites for hydroxylation is 3. The van der Waals surface area contributed by atoms with Crippen LogP contribution in [0.25, 0.3) is 11.3 Å². The molecule has 110 valence electrons. The molecular weight excluding hydrogens is 262 g/mol. The molecule has 2 aromatic rings. The first-order valence-electron chi connectivity index (χ1n) is 7.31. The molecule has 0 atom stereocenters. The highest BCUT2D eigenvalue weighted by molar-refractivity contribution is 5.91. The zero-order valence-electron chi connectivity index (χ0n) is 13.1. The topological polar surface area (TPSA) is 39.2 Å². The van der Waals surface area contributed by atoms with Crippen LogP contribution in [0, 0.1) is 13.8 Å². The molecule has 0 amide bonds. The van der Waals surface area contributed by atoms with Gasteiger partial charge >= 0.3 is 5.97 Å². The molecule has 0 spiro atoms. The Morgan fingerprint density at radius 3 is 2.38 bits per heavy atom. The molecule has 0 N–H and O–H groups in total. The Bertz CT molecular complexity index is 645. The molecule has 1 aromatic heterocycles. The first-order chi connectivity index (χ1) is 10.1. The van der Waals surface area contributed by atoms with Crippen molar-refractivity contribution in [3.8, 4) is 11.3 Å². The van der Waals surface area contributed by atoms with E-state index in [1.807, 2.05) is 26.8 Å². The van der Waals surface area contributed by atoms with Crippen molar-refractivity contribution in [2.75, 3.05) is 6.61 Å². The number of rotatable bonds is 4. The summed E-state index contributed by atoms with van der Waals surface area (Å²) >= 11 is 0. The maximum absolute atomic E-state index is 12.0. The standard InChI is InChI=1S/C18H21NO2/c1-5-16-15(18(20)21-6-2)11-13(4)17(19-16)14-9-7-12(3)8-10-14/h7-11H,5-6H2,1-4H3. The molecule has 0 aliphatic rings. The third-order valence-electron chi connectivity index (χ3n) is 3.45. The minimum Gasteiger partial charge on any atom is -0.462 e. The number of aromatic nitrogens is 1. The summed E-state index contributed by atoms with van der Waals surface area (Å²) in [6, 6.07) is 10.2. The van der Waals surface area contributed by atoms with E-state index in [1.54, 1.807) is 0 Å². The van der Waals surface area contributed by atoms with Crippen LogP contribution in [0.5, 0.6) is 0 Å². The van der Waals surface area contributed by atoms with Crippen molar-refractivity contribution < 1.29 is 9.53 Å². The van der Waals surface area contributed by atoms with Gasteiger partial charge in [0.05, 0.1) is 23.6 Å². The Kier molecular flexibility index (Phi) is 4.73. The number of ether oxygens (including phenoxy) is 1. The number of carbonyl (C=O) groups excluding carboxylic acids is 1. The van der Waals surface area contributed by atoms with E-state index >= 15 is 0 Å². The largest absolute Gasteiger partial charge is 0.462 e. The van der Waals surface area contributed by atoms with Gasteiger partial charge in [0.15, 0.2) is 0 Å². The first kappa shape index (κ1) is 15.2. The molecule has 0 aliphatic carbocycles. The van der Waals surface area contributed by atoms with Gasteiger partial charge in [-0.05, 0) is 38.8 Å². The van der Waals surface area contributed by atoms with Crippen molar-refractivity contribution in [3.05, 3.63) is 52.7 Å². The highest BCUT2D eigenvalue weighted by Gasteiger charge is 2.16. The first-order valence-corrected chi connectivity index (χ1v) is 7.31. The number of carbonyl (C=O) groups is 1. The average Bonchev–Trinajstić information content (AvgIpc) is 2.48. The molecule has 0 aliphatic heterocycles. The lowest BCUT2D eigenvalue weighted by Gasteiger charge is -2.12. The Hall–Kier alpha value is -2.16. The molecule has 3 heteroatoms. The van der Waals surface area contributed by atoms with Gasteiger partial charge in [-0.2, -0.15) is 0 Å². The fourth-order valence-electron chi connectivity index (χ4n) is 2.31. The smallest absolute Gasteiger partial charge is 0.339 e. The van der Waals surface area contributed by atoms with Crippen LogP contribution in [-0.2, 0) is 11.2 Å².